The van der Waals surface area contributed by atoms with E-state index in [1.807, 2.05) is 0 Å². The molecule has 0 bridgehead atoms. The number of rotatable bonds is 37. The Labute approximate surface area is 303 Å². The summed E-state index contributed by atoms with van der Waals surface area (Å²) in [6, 6.07) is 0. The zero-order chi connectivity index (χ0) is 35.5. The van der Waals surface area contributed by atoms with Gasteiger partial charge in [0.15, 0.2) is 5.79 Å². The highest BCUT2D eigenvalue weighted by molar-refractivity contribution is 5.76. The lowest BCUT2D eigenvalue weighted by atomic mass is 9.98. The molecule has 288 valence electrons. The van der Waals surface area contributed by atoms with Crippen LogP contribution < -0.4 is 0 Å². The van der Waals surface area contributed by atoms with Crippen LogP contribution in [-0.2, 0) is 23.8 Å². The topological polar surface area (TPSA) is 82.1 Å². The number of allylic oxidation sites excluding steroid dienone is 2. The highest BCUT2D eigenvalue weighted by Crippen LogP contribution is 2.35. The van der Waals surface area contributed by atoms with Crippen molar-refractivity contribution in [2.75, 3.05) is 13.2 Å². The number of unbranched alkanes of at least 4 members (excludes halogenated alkanes) is 25. The second-order valence-corrected chi connectivity index (χ2v) is 14.9. The molecule has 6 nitrogen and oxygen atoms in total. The van der Waals surface area contributed by atoms with E-state index in [1.54, 1.807) is 0 Å². The first-order valence-corrected chi connectivity index (χ1v) is 21.4. The molecule has 49 heavy (non-hydrogen) atoms. The van der Waals surface area contributed by atoms with E-state index in [2.05, 4.69) is 26.0 Å². The summed E-state index contributed by atoms with van der Waals surface area (Å²) in [5.74, 6) is -1.95. The van der Waals surface area contributed by atoms with Gasteiger partial charge in [-0.25, -0.2) is 0 Å². The molecular weight excluding hydrogens is 612 g/mol. The Kier molecular flexibility index (Phi) is 31.4. The molecule has 0 amide bonds. The molecule has 0 aromatic rings. The largest absolute Gasteiger partial charge is 0.481 e. The van der Waals surface area contributed by atoms with E-state index >= 15 is 0 Å². The summed E-state index contributed by atoms with van der Waals surface area (Å²) in [4.78, 5) is 22.5. The summed E-state index contributed by atoms with van der Waals surface area (Å²) >= 11 is 0. The minimum absolute atomic E-state index is 0.0771. The molecule has 0 spiro atoms. The average Bonchev–Trinajstić information content (AvgIpc) is 3.50. The highest BCUT2D eigenvalue weighted by atomic mass is 16.7. The lowest BCUT2D eigenvalue weighted by molar-refractivity contribution is -0.181. The number of carboxylic acids is 1. The third kappa shape index (κ3) is 28.9. The summed E-state index contributed by atoms with van der Waals surface area (Å²) in [6.07, 6.45) is 44.0. The third-order valence-corrected chi connectivity index (χ3v) is 10.1. The van der Waals surface area contributed by atoms with Gasteiger partial charge in [0.25, 0.3) is 0 Å². The zero-order valence-electron chi connectivity index (χ0n) is 32.5. The lowest BCUT2D eigenvalue weighted by Gasteiger charge is -2.28. The Morgan fingerprint density at radius 2 is 1.02 bits per heavy atom. The van der Waals surface area contributed by atoms with E-state index in [0.29, 0.717) is 13.0 Å². The maximum Gasteiger partial charge on any atom is 0.306 e. The van der Waals surface area contributed by atoms with Crippen LogP contribution in [0.25, 0.3) is 0 Å². The number of carboxylic acid groups (broad SMARTS) is 1. The van der Waals surface area contributed by atoms with E-state index in [9.17, 15) is 9.59 Å². The first kappa shape index (κ1) is 45.6. The molecule has 1 fully saturated rings. The van der Waals surface area contributed by atoms with Crippen molar-refractivity contribution in [3.8, 4) is 0 Å². The molecule has 1 N–H and O–H groups in total. The second-order valence-electron chi connectivity index (χ2n) is 14.9. The number of carbonyl (C=O) groups excluding carboxylic acids is 1. The van der Waals surface area contributed by atoms with Crippen molar-refractivity contribution in [2.24, 2.45) is 0 Å². The fourth-order valence-electron chi connectivity index (χ4n) is 6.96. The molecule has 1 saturated heterocycles. The predicted molar refractivity (Wildman–Crippen MR) is 205 cm³/mol. The number of aliphatic carboxylic acids is 1. The van der Waals surface area contributed by atoms with Crippen molar-refractivity contribution in [3.63, 3.8) is 0 Å². The van der Waals surface area contributed by atoms with E-state index in [0.717, 1.165) is 25.7 Å². The molecule has 1 rings (SSSR count). The third-order valence-electron chi connectivity index (χ3n) is 10.1. The molecular formula is C43H80O6. The predicted octanol–water partition coefficient (Wildman–Crippen LogP) is 13.2. The zero-order valence-corrected chi connectivity index (χ0v) is 32.5. The van der Waals surface area contributed by atoms with Gasteiger partial charge in [-0.15, -0.1) is 0 Å². The molecule has 0 saturated carbocycles. The van der Waals surface area contributed by atoms with Crippen molar-refractivity contribution in [1.82, 2.24) is 0 Å². The van der Waals surface area contributed by atoms with E-state index in [-0.39, 0.29) is 25.6 Å². The van der Waals surface area contributed by atoms with Gasteiger partial charge < -0.3 is 19.3 Å². The Bertz CT molecular complexity index is 782. The fourth-order valence-corrected chi connectivity index (χ4v) is 6.96. The van der Waals surface area contributed by atoms with E-state index < -0.39 is 17.7 Å². The van der Waals surface area contributed by atoms with Crippen LogP contribution >= 0.6 is 0 Å². The molecule has 6 heteroatoms. The van der Waals surface area contributed by atoms with Crippen molar-refractivity contribution >= 4 is 11.9 Å². The van der Waals surface area contributed by atoms with Crippen molar-refractivity contribution < 1.29 is 28.9 Å². The summed E-state index contributed by atoms with van der Waals surface area (Å²) < 4.78 is 18.2. The fraction of sp³-hybridized carbons (Fsp3) is 0.907. The number of ether oxygens (including phenoxy) is 3. The van der Waals surface area contributed by atoms with E-state index in [4.69, 9.17) is 19.3 Å². The van der Waals surface area contributed by atoms with Gasteiger partial charge >= 0.3 is 11.9 Å². The van der Waals surface area contributed by atoms with Gasteiger partial charge in [-0.1, -0.05) is 167 Å². The van der Waals surface area contributed by atoms with Gasteiger partial charge in [-0.2, -0.15) is 0 Å². The van der Waals surface area contributed by atoms with Crippen LogP contribution in [-0.4, -0.2) is 42.1 Å². The minimum Gasteiger partial charge on any atom is -0.481 e. The monoisotopic (exact) mass is 693 g/mol. The molecule has 0 aliphatic carbocycles. The minimum atomic E-state index is -0.983. The molecule has 2 atom stereocenters. The molecule has 0 aromatic carbocycles. The Hall–Kier alpha value is -1.40. The molecule has 1 heterocycles. The number of hydrogen-bond donors (Lipinski definition) is 1. The SMILES string of the molecule is CCCCCCCC/C=C\CCCCCCCC1(CCCCCCCCCCCCCCCCC)OCC(CCOC(=O)CCC(=O)O)O1. The van der Waals surface area contributed by atoms with Crippen molar-refractivity contribution in [1.29, 1.82) is 0 Å². The first-order chi connectivity index (χ1) is 24.0. The van der Waals surface area contributed by atoms with Crippen LogP contribution in [0.4, 0.5) is 0 Å². The quantitative estimate of drug-likeness (QED) is 0.0396. The van der Waals surface area contributed by atoms with Gasteiger partial charge in [0.1, 0.15) is 0 Å². The standard InChI is InChI=1S/C43H80O6/c1-3-5-7-9-11-13-15-17-19-21-23-25-27-29-31-36-43(48-39-40(49-43)35-38-47-42(46)34-33-41(44)45)37-32-30-28-26-24-22-20-18-16-14-12-10-8-6-4-2/h17,19,40H,3-16,18,20-39H2,1-2H3,(H,44,45)/b19-17-. The van der Waals surface area contributed by atoms with Crippen LogP contribution in [0.5, 0.6) is 0 Å². The van der Waals surface area contributed by atoms with Crippen LogP contribution in [0.2, 0.25) is 0 Å². The van der Waals surface area contributed by atoms with Gasteiger partial charge in [0.05, 0.1) is 32.2 Å². The van der Waals surface area contributed by atoms with Gasteiger partial charge in [-0.3, -0.25) is 9.59 Å². The first-order valence-electron chi connectivity index (χ1n) is 21.4. The smallest absolute Gasteiger partial charge is 0.306 e. The Morgan fingerprint density at radius 3 is 1.45 bits per heavy atom. The summed E-state index contributed by atoms with van der Waals surface area (Å²) in [5.41, 5.74) is 0. The molecule has 1 aliphatic rings. The number of hydrogen-bond acceptors (Lipinski definition) is 5. The van der Waals surface area contributed by atoms with Crippen LogP contribution in [0.1, 0.15) is 226 Å². The summed E-state index contributed by atoms with van der Waals surface area (Å²) in [5, 5.41) is 8.78. The van der Waals surface area contributed by atoms with Crippen LogP contribution in [0, 0.1) is 0 Å². The molecule has 0 radical (unpaired) electrons. The maximum absolute atomic E-state index is 11.8. The normalized spacial score (nSPS) is 17.7. The maximum atomic E-state index is 11.8. The van der Waals surface area contributed by atoms with Crippen molar-refractivity contribution in [2.45, 2.75) is 238 Å². The van der Waals surface area contributed by atoms with E-state index in [1.165, 1.54) is 167 Å². The Morgan fingerprint density at radius 1 is 0.612 bits per heavy atom. The molecule has 1 aliphatic heterocycles. The van der Waals surface area contributed by atoms with Crippen LogP contribution in [0.3, 0.4) is 0 Å². The second kappa shape index (κ2) is 33.7. The summed E-state index contributed by atoms with van der Waals surface area (Å²) in [7, 11) is 0. The van der Waals surface area contributed by atoms with Crippen LogP contribution in [0.15, 0.2) is 12.2 Å². The van der Waals surface area contributed by atoms with Gasteiger partial charge in [0, 0.05) is 19.3 Å². The van der Waals surface area contributed by atoms with Gasteiger partial charge in [-0.05, 0) is 38.5 Å². The lowest BCUT2D eigenvalue weighted by Crippen LogP contribution is -2.31. The molecule has 2 unspecified atom stereocenters. The van der Waals surface area contributed by atoms with Crippen molar-refractivity contribution in [3.05, 3.63) is 12.2 Å². The number of esters is 1. The summed E-state index contributed by atoms with van der Waals surface area (Å²) in [6.45, 7) is 5.34. The van der Waals surface area contributed by atoms with Gasteiger partial charge in [0.2, 0.25) is 0 Å². The highest BCUT2D eigenvalue weighted by Gasteiger charge is 2.40. The molecule has 0 aromatic heterocycles. The Balaban J connectivity index is 2.25. The number of carbonyl (C=O) groups is 2. The average molecular weight is 693 g/mol.